The Morgan fingerprint density at radius 3 is 2.43 bits per heavy atom. The molecule has 0 unspecified atom stereocenters. The zero-order chi connectivity index (χ0) is 15.6. The first kappa shape index (κ1) is 15.1. The number of carboxylic acids is 1. The van der Waals surface area contributed by atoms with Gasteiger partial charge in [-0.15, -0.1) is 0 Å². The number of sulfonamides is 1. The molecule has 110 valence electrons. The highest BCUT2D eigenvalue weighted by atomic mass is 32.2. The lowest BCUT2D eigenvalue weighted by molar-refractivity contribution is 0.0690. The van der Waals surface area contributed by atoms with Gasteiger partial charge in [0, 0.05) is 19.7 Å². The molecular weight excluding hydrogens is 292 g/mol. The van der Waals surface area contributed by atoms with Gasteiger partial charge in [0.2, 0.25) is 10.0 Å². The second-order valence-electron chi connectivity index (χ2n) is 4.53. The summed E-state index contributed by atoms with van der Waals surface area (Å²) in [6.45, 7) is 0. The summed E-state index contributed by atoms with van der Waals surface area (Å²) >= 11 is 0. The summed E-state index contributed by atoms with van der Waals surface area (Å²) in [6.07, 6.45) is 0. The third-order valence-corrected chi connectivity index (χ3v) is 4.69. The minimum atomic E-state index is -3.54. The van der Waals surface area contributed by atoms with Gasteiger partial charge in [0.15, 0.2) is 0 Å². The third kappa shape index (κ3) is 3.09. The van der Waals surface area contributed by atoms with Crippen LogP contribution in [0.3, 0.4) is 0 Å². The van der Waals surface area contributed by atoms with Crippen LogP contribution in [0.25, 0.3) is 11.3 Å². The van der Waals surface area contributed by atoms with E-state index in [4.69, 9.17) is 5.11 Å². The first-order valence-electron chi connectivity index (χ1n) is 6.05. The molecule has 0 saturated carbocycles. The minimum Gasteiger partial charge on any atom is -0.477 e. The van der Waals surface area contributed by atoms with Gasteiger partial charge in [-0.05, 0) is 24.3 Å². The van der Waals surface area contributed by atoms with Crippen LogP contribution in [0.2, 0.25) is 0 Å². The molecule has 1 aromatic carbocycles. The number of aromatic carboxylic acids is 1. The van der Waals surface area contributed by atoms with Crippen LogP contribution < -0.4 is 0 Å². The summed E-state index contributed by atoms with van der Waals surface area (Å²) in [6, 6.07) is 10.8. The minimum absolute atomic E-state index is 0.0895. The number of hydrogen-bond donors (Lipinski definition) is 1. The van der Waals surface area contributed by atoms with Crippen LogP contribution in [0.1, 0.15) is 10.5 Å². The zero-order valence-electron chi connectivity index (χ0n) is 11.5. The lowest BCUT2D eigenvalue weighted by Gasteiger charge is -2.12. The van der Waals surface area contributed by atoms with E-state index in [2.05, 4.69) is 4.98 Å². The number of rotatable bonds is 4. The maximum absolute atomic E-state index is 12.1. The number of pyridine rings is 1. The number of aromatic nitrogens is 1. The van der Waals surface area contributed by atoms with E-state index in [-0.39, 0.29) is 10.6 Å². The van der Waals surface area contributed by atoms with Crippen LogP contribution in [0.15, 0.2) is 47.4 Å². The van der Waals surface area contributed by atoms with E-state index >= 15 is 0 Å². The molecule has 0 aliphatic heterocycles. The fourth-order valence-electron chi connectivity index (χ4n) is 1.74. The van der Waals surface area contributed by atoms with Crippen molar-refractivity contribution in [2.45, 2.75) is 4.90 Å². The van der Waals surface area contributed by atoms with Gasteiger partial charge < -0.3 is 5.11 Å². The lowest BCUT2D eigenvalue weighted by Crippen LogP contribution is -2.22. The normalized spacial score (nSPS) is 11.6. The standard InChI is InChI=1S/C14H14N2O4S/c1-16(2)21(19,20)11-6-3-5-10(9-11)12-7-4-8-13(15-12)14(17)18/h3-9H,1-2H3,(H,17,18). The molecule has 0 bridgehead atoms. The number of benzene rings is 1. The van der Waals surface area contributed by atoms with Crippen LogP contribution in [0.4, 0.5) is 0 Å². The summed E-state index contributed by atoms with van der Waals surface area (Å²) in [5.41, 5.74) is 0.861. The van der Waals surface area contributed by atoms with E-state index in [0.717, 1.165) is 4.31 Å². The van der Waals surface area contributed by atoms with Crippen LogP contribution in [0.5, 0.6) is 0 Å². The van der Waals surface area contributed by atoms with Gasteiger partial charge in [-0.2, -0.15) is 0 Å². The highest BCUT2D eigenvalue weighted by Crippen LogP contribution is 2.22. The van der Waals surface area contributed by atoms with Gasteiger partial charge >= 0.3 is 5.97 Å². The topological polar surface area (TPSA) is 87.6 Å². The predicted molar refractivity (Wildman–Crippen MR) is 77.5 cm³/mol. The second kappa shape index (κ2) is 5.63. The molecule has 0 aliphatic carbocycles. The van der Waals surface area contributed by atoms with Crippen molar-refractivity contribution in [1.29, 1.82) is 0 Å². The Hall–Kier alpha value is -2.25. The van der Waals surface area contributed by atoms with Crippen LogP contribution >= 0.6 is 0 Å². The molecule has 6 nitrogen and oxygen atoms in total. The fourth-order valence-corrected chi connectivity index (χ4v) is 2.69. The molecule has 2 aromatic rings. The lowest BCUT2D eigenvalue weighted by atomic mass is 10.1. The molecular formula is C14H14N2O4S. The molecule has 0 radical (unpaired) electrons. The van der Waals surface area contributed by atoms with Crippen LogP contribution in [0, 0.1) is 0 Å². The maximum atomic E-state index is 12.1. The molecule has 21 heavy (non-hydrogen) atoms. The van der Waals surface area contributed by atoms with Crippen molar-refractivity contribution in [3.05, 3.63) is 48.2 Å². The van der Waals surface area contributed by atoms with E-state index < -0.39 is 16.0 Å². The summed E-state index contributed by atoms with van der Waals surface area (Å²) < 4.78 is 25.3. The Bertz CT molecular complexity index is 785. The molecule has 1 aromatic heterocycles. The molecule has 1 heterocycles. The van der Waals surface area contributed by atoms with Gasteiger partial charge in [-0.3, -0.25) is 0 Å². The van der Waals surface area contributed by atoms with Crippen LogP contribution in [-0.4, -0.2) is 42.9 Å². The summed E-state index contributed by atoms with van der Waals surface area (Å²) in [5.74, 6) is -1.13. The van der Waals surface area contributed by atoms with Crippen molar-refractivity contribution in [3.8, 4) is 11.3 Å². The zero-order valence-corrected chi connectivity index (χ0v) is 12.3. The van der Waals surface area contributed by atoms with Crippen molar-refractivity contribution in [2.75, 3.05) is 14.1 Å². The highest BCUT2D eigenvalue weighted by molar-refractivity contribution is 7.89. The highest BCUT2D eigenvalue weighted by Gasteiger charge is 2.18. The SMILES string of the molecule is CN(C)S(=O)(=O)c1cccc(-c2cccc(C(=O)O)n2)c1. The molecule has 0 atom stereocenters. The first-order chi connectivity index (χ1) is 9.82. The van der Waals surface area contributed by atoms with Crippen molar-refractivity contribution < 1.29 is 18.3 Å². The molecule has 0 saturated heterocycles. The fraction of sp³-hybridized carbons (Fsp3) is 0.143. The van der Waals surface area contributed by atoms with E-state index in [1.54, 1.807) is 24.3 Å². The molecule has 0 fully saturated rings. The Kier molecular flexibility index (Phi) is 4.06. The van der Waals surface area contributed by atoms with Gasteiger partial charge in [0.25, 0.3) is 0 Å². The molecule has 2 rings (SSSR count). The Balaban J connectivity index is 2.52. The van der Waals surface area contributed by atoms with Gasteiger partial charge in [0.05, 0.1) is 10.6 Å². The predicted octanol–water partition coefficient (Wildman–Crippen LogP) is 1.70. The Labute approximate surface area is 122 Å². The number of nitrogens with zero attached hydrogens (tertiary/aromatic N) is 2. The van der Waals surface area contributed by atoms with Crippen molar-refractivity contribution in [2.24, 2.45) is 0 Å². The summed E-state index contributed by atoms with van der Waals surface area (Å²) in [5, 5.41) is 8.95. The van der Waals surface area contributed by atoms with Gasteiger partial charge in [-0.25, -0.2) is 22.5 Å². The third-order valence-electron chi connectivity index (χ3n) is 2.88. The molecule has 0 amide bonds. The van der Waals surface area contributed by atoms with E-state index in [9.17, 15) is 13.2 Å². The summed E-state index contributed by atoms with van der Waals surface area (Å²) in [7, 11) is -0.645. The van der Waals surface area contributed by atoms with Crippen molar-refractivity contribution in [1.82, 2.24) is 9.29 Å². The quantitative estimate of drug-likeness (QED) is 0.929. The summed E-state index contributed by atoms with van der Waals surface area (Å²) in [4.78, 5) is 15.1. The van der Waals surface area contributed by atoms with E-state index in [1.807, 2.05) is 0 Å². The smallest absolute Gasteiger partial charge is 0.354 e. The Morgan fingerprint density at radius 2 is 1.81 bits per heavy atom. The molecule has 1 N–H and O–H groups in total. The molecule has 0 spiro atoms. The number of carbonyl (C=O) groups is 1. The van der Waals surface area contributed by atoms with Gasteiger partial charge in [-0.1, -0.05) is 18.2 Å². The Morgan fingerprint density at radius 1 is 1.14 bits per heavy atom. The first-order valence-corrected chi connectivity index (χ1v) is 7.49. The molecule has 0 aliphatic rings. The van der Waals surface area contributed by atoms with E-state index in [1.165, 1.54) is 32.3 Å². The van der Waals surface area contributed by atoms with Crippen LogP contribution in [-0.2, 0) is 10.0 Å². The average molecular weight is 306 g/mol. The van der Waals surface area contributed by atoms with Gasteiger partial charge in [0.1, 0.15) is 5.69 Å². The second-order valence-corrected chi connectivity index (χ2v) is 6.68. The van der Waals surface area contributed by atoms with Crippen molar-refractivity contribution in [3.63, 3.8) is 0 Å². The van der Waals surface area contributed by atoms with Crippen molar-refractivity contribution >= 4 is 16.0 Å². The monoisotopic (exact) mass is 306 g/mol. The average Bonchev–Trinajstić information content (AvgIpc) is 2.47. The maximum Gasteiger partial charge on any atom is 0.354 e. The number of carboxylic acid groups (broad SMARTS) is 1. The number of hydrogen-bond acceptors (Lipinski definition) is 4. The van der Waals surface area contributed by atoms with E-state index in [0.29, 0.717) is 11.3 Å². The largest absolute Gasteiger partial charge is 0.477 e. The molecule has 7 heteroatoms.